The summed E-state index contributed by atoms with van der Waals surface area (Å²) in [6.07, 6.45) is 2.81. The third-order valence-corrected chi connectivity index (χ3v) is 9.04. The first-order valence-electron chi connectivity index (χ1n) is 15.6. The topological polar surface area (TPSA) is 82.2 Å². The van der Waals surface area contributed by atoms with Gasteiger partial charge in [-0.2, -0.15) is 4.98 Å². The first kappa shape index (κ1) is 29.3. The van der Waals surface area contributed by atoms with Crippen LogP contribution in [0, 0.1) is 5.82 Å². The number of morpholine rings is 1. The third kappa shape index (κ3) is 6.56. The fourth-order valence-electron chi connectivity index (χ4n) is 6.49. The summed E-state index contributed by atoms with van der Waals surface area (Å²) in [5, 5.41) is 7.18. The van der Waals surface area contributed by atoms with Gasteiger partial charge in [0.25, 0.3) is 0 Å². The molecule has 3 aliphatic heterocycles. The molecule has 0 bridgehead atoms. The van der Waals surface area contributed by atoms with Gasteiger partial charge in [0.2, 0.25) is 11.8 Å². The van der Waals surface area contributed by atoms with E-state index in [-0.39, 0.29) is 23.8 Å². The van der Waals surface area contributed by atoms with Gasteiger partial charge in [0.05, 0.1) is 25.8 Å². The molecule has 2 N–H and O–H groups in total. The predicted molar refractivity (Wildman–Crippen MR) is 162 cm³/mol. The van der Waals surface area contributed by atoms with Crippen molar-refractivity contribution in [2.24, 2.45) is 0 Å². The number of carbonyl (C=O) groups excluding carboxylic acids is 1. The van der Waals surface area contributed by atoms with Crippen molar-refractivity contribution in [1.82, 2.24) is 20.1 Å². The zero-order valence-electron chi connectivity index (χ0n) is 25.3. The maximum Gasteiger partial charge on any atom is 0.241 e. The van der Waals surface area contributed by atoms with Crippen LogP contribution < -0.4 is 20.3 Å². The lowest BCUT2D eigenvalue weighted by molar-refractivity contribution is -0.122. The van der Waals surface area contributed by atoms with Crippen LogP contribution in [0.3, 0.4) is 0 Å². The molecule has 4 heterocycles. The molecule has 42 heavy (non-hydrogen) atoms. The maximum absolute atomic E-state index is 14.2. The van der Waals surface area contributed by atoms with Crippen molar-refractivity contribution < 1.29 is 18.7 Å². The molecule has 4 aliphatic rings. The highest BCUT2D eigenvalue weighted by Gasteiger charge is 2.37. The molecule has 5 atom stereocenters. The number of benzene rings is 1. The molecule has 0 radical (unpaired) electrons. The average molecular weight is 581 g/mol. The van der Waals surface area contributed by atoms with Crippen molar-refractivity contribution in [2.75, 3.05) is 56.2 Å². The largest absolute Gasteiger partial charge is 0.474 e. The lowest BCUT2D eigenvalue weighted by atomic mass is 10.0. The average Bonchev–Trinajstić information content (AvgIpc) is 3.77. The summed E-state index contributed by atoms with van der Waals surface area (Å²) < 4.78 is 25.5. The fraction of sp³-hybridized carbons (Fsp3) is 0.625. The fourth-order valence-corrected chi connectivity index (χ4v) is 6.49. The first-order valence-corrected chi connectivity index (χ1v) is 15.6. The molecule has 3 fully saturated rings. The smallest absolute Gasteiger partial charge is 0.241 e. The number of nitrogens with one attached hydrogen (secondary N) is 2. The number of piperazine rings is 1. The van der Waals surface area contributed by atoms with Crippen LogP contribution in [0.15, 0.2) is 30.3 Å². The van der Waals surface area contributed by atoms with E-state index in [1.54, 1.807) is 12.1 Å². The Bertz CT molecular complexity index is 1250. The minimum Gasteiger partial charge on any atom is -0.474 e. The van der Waals surface area contributed by atoms with Crippen LogP contribution in [0.2, 0.25) is 0 Å². The van der Waals surface area contributed by atoms with Crippen LogP contribution in [0.5, 0.6) is 5.88 Å². The number of hydrogen-bond acceptors (Lipinski definition) is 8. The maximum atomic E-state index is 14.2. The molecule has 2 saturated heterocycles. The number of carbonyl (C=O) groups is 1. The molecule has 228 valence electrons. The second-order valence-electron chi connectivity index (χ2n) is 12.8. The predicted octanol–water partition coefficient (Wildman–Crippen LogP) is 3.27. The quantitative estimate of drug-likeness (QED) is 0.493. The summed E-state index contributed by atoms with van der Waals surface area (Å²) in [6.45, 7) is 13.4. The van der Waals surface area contributed by atoms with Gasteiger partial charge in [-0.25, -0.2) is 4.39 Å². The number of pyridine rings is 1. The first-order chi connectivity index (χ1) is 20.2. The Kier molecular flexibility index (Phi) is 8.68. The molecular weight excluding hydrogens is 535 g/mol. The zero-order valence-corrected chi connectivity index (χ0v) is 25.3. The third-order valence-electron chi connectivity index (χ3n) is 9.04. The van der Waals surface area contributed by atoms with Gasteiger partial charge >= 0.3 is 0 Å². The van der Waals surface area contributed by atoms with Crippen LogP contribution in [0.1, 0.15) is 51.7 Å². The summed E-state index contributed by atoms with van der Waals surface area (Å²) in [6, 6.07) is 10.2. The highest BCUT2D eigenvalue weighted by molar-refractivity contribution is 5.97. The number of rotatable bonds is 8. The highest BCUT2D eigenvalue weighted by atomic mass is 19.1. The van der Waals surface area contributed by atoms with Gasteiger partial charge in [-0.15, -0.1) is 0 Å². The Morgan fingerprint density at radius 3 is 2.52 bits per heavy atom. The normalized spacial score (nSPS) is 28.7. The van der Waals surface area contributed by atoms with Gasteiger partial charge in [0.1, 0.15) is 23.9 Å². The van der Waals surface area contributed by atoms with Gasteiger partial charge in [0.15, 0.2) is 0 Å². The van der Waals surface area contributed by atoms with Crippen LogP contribution in [0.4, 0.5) is 15.9 Å². The van der Waals surface area contributed by atoms with Crippen molar-refractivity contribution in [3.63, 3.8) is 0 Å². The molecule has 6 rings (SSSR count). The van der Waals surface area contributed by atoms with E-state index in [0.29, 0.717) is 55.3 Å². The molecule has 2 aromatic rings. The van der Waals surface area contributed by atoms with Gasteiger partial charge < -0.3 is 25.0 Å². The summed E-state index contributed by atoms with van der Waals surface area (Å²) >= 11 is 0. The van der Waals surface area contributed by atoms with Crippen LogP contribution in [0.25, 0.3) is 0 Å². The van der Waals surface area contributed by atoms with Crippen LogP contribution in [-0.4, -0.2) is 103 Å². The minimum atomic E-state index is -0.254. The molecular formula is C32H45FN6O3. The van der Waals surface area contributed by atoms with E-state index in [1.807, 2.05) is 11.8 Å². The number of nitrogens with zero attached hydrogens (tertiary/aromatic N) is 4. The Hall–Kier alpha value is -2.79. The van der Waals surface area contributed by atoms with Crippen molar-refractivity contribution in [3.05, 3.63) is 47.3 Å². The molecule has 1 aromatic carbocycles. The lowest BCUT2D eigenvalue weighted by Gasteiger charge is -2.46. The van der Waals surface area contributed by atoms with E-state index < -0.39 is 0 Å². The molecule has 9 nitrogen and oxygen atoms in total. The number of aromatic nitrogens is 1. The van der Waals surface area contributed by atoms with E-state index >= 15 is 0 Å². The number of anilines is 2. The summed E-state index contributed by atoms with van der Waals surface area (Å²) in [4.78, 5) is 25.9. The molecule has 1 saturated carbocycles. The summed E-state index contributed by atoms with van der Waals surface area (Å²) in [7, 11) is 0. The Morgan fingerprint density at radius 1 is 1.07 bits per heavy atom. The number of hydrogen-bond donors (Lipinski definition) is 2. The summed E-state index contributed by atoms with van der Waals surface area (Å²) in [5.74, 6) is 1.09. The second kappa shape index (κ2) is 12.4. The Balaban J connectivity index is 1.25. The van der Waals surface area contributed by atoms with Crippen molar-refractivity contribution in [2.45, 2.75) is 83.2 Å². The number of amides is 1. The van der Waals surface area contributed by atoms with Crippen molar-refractivity contribution in [1.29, 1.82) is 0 Å². The highest BCUT2D eigenvalue weighted by Crippen LogP contribution is 2.38. The van der Waals surface area contributed by atoms with Crippen molar-refractivity contribution >= 4 is 17.4 Å². The number of fused-ring (bicyclic) bond motifs is 1. The zero-order chi connectivity index (χ0) is 29.4. The second-order valence-corrected chi connectivity index (χ2v) is 12.8. The molecule has 1 aromatic heterocycles. The van der Waals surface area contributed by atoms with E-state index in [9.17, 15) is 9.18 Å². The van der Waals surface area contributed by atoms with Crippen molar-refractivity contribution in [3.8, 4) is 5.88 Å². The van der Waals surface area contributed by atoms with E-state index in [2.05, 4.69) is 47.3 Å². The monoisotopic (exact) mass is 580 g/mol. The minimum absolute atomic E-state index is 0.0617. The number of halogens is 1. The standard InChI is InChI=1S/C32H45FN6O3/c1-20-14-37(28(13-34-20)15-38-21(2)17-41-18-22(38)3)16-30(40)39-23(4)19-42-32-29(39)12-25(31(36-32)35-27-9-10-27)11-24-5-7-26(33)8-6-24/h5-8,12,20-23,27-28,34H,9-11,13-19H2,1-4H3,(H,35,36)/t20-,21-,22-,23+,28-/m1/s1. The van der Waals surface area contributed by atoms with E-state index in [0.717, 1.165) is 62.6 Å². The SMILES string of the molecule is C[C@@H]1CN(CC(=O)N2c3cc(Cc4ccc(F)cc4)c(NC4CC4)nc3OC[C@@H]2C)[C@@H](CN2[C@H](C)COC[C@H]2C)CN1. The molecule has 1 amide bonds. The molecule has 1 aliphatic carbocycles. The number of ether oxygens (including phenoxy) is 2. The van der Waals surface area contributed by atoms with Gasteiger partial charge in [0, 0.05) is 61.8 Å². The Morgan fingerprint density at radius 2 is 1.81 bits per heavy atom. The molecule has 0 unspecified atom stereocenters. The summed E-state index contributed by atoms with van der Waals surface area (Å²) in [5.41, 5.74) is 2.68. The Labute approximate surface area is 248 Å². The van der Waals surface area contributed by atoms with Crippen LogP contribution in [-0.2, 0) is 16.0 Å². The lowest BCUT2D eigenvalue weighted by Crippen LogP contribution is -2.63. The van der Waals surface area contributed by atoms with E-state index in [1.165, 1.54) is 12.1 Å². The molecule has 10 heteroatoms. The van der Waals surface area contributed by atoms with Crippen LogP contribution >= 0.6 is 0 Å². The van der Waals surface area contributed by atoms with Gasteiger partial charge in [-0.05, 0) is 64.3 Å². The van der Waals surface area contributed by atoms with Gasteiger partial charge in [-0.3, -0.25) is 14.6 Å². The molecule has 0 spiro atoms. The van der Waals surface area contributed by atoms with Gasteiger partial charge in [-0.1, -0.05) is 12.1 Å². The van der Waals surface area contributed by atoms with E-state index in [4.69, 9.17) is 14.5 Å².